The highest BCUT2D eigenvalue weighted by Gasteiger charge is 2.29. The SMILES string of the molecule is C[Si](C)(C)COP(=S)(OC[Si](C)(C)C)OC[Si](C)(C)C. The van der Waals surface area contributed by atoms with E-state index < -0.39 is 30.9 Å². The van der Waals surface area contributed by atoms with E-state index in [1.54, 1.807) is 0 Å². The van der Waals surface area contributed by atoms with Crippen LogP contribution in [0.25, 0.3) is 0 Å². The predicted octanol–water partition coefficient (Wildman–Crippen LogP) is 4.89. The summed E-state index contributed by atoms with van der Waals surface area (Å²) in [5.41, 5.74) is 0. The molecule has 0 aliphatic heterocycles. The van der Waals surface area contributed by atoms with Crippen molar-refractivity contribution in [3.63, 3.8) is 0 Å². The number of rotatable bonds is 9. The largest absolute Gasteiger partial charge is 0.326 e. The van der Waals surface area contributed by atoms with Gasteiger partial charge in [-0.25, -0.2) is 0 Å². The van der Waals surface area contributed by atoms with Crippen LogP contribution in [0.4, 0.5) is 0 Å². The van der Waals surface area contributed by atoms with Crippen LogP contribution < -0.4 is 0 Å². The predicted molar refractivity (Wildman–Crippen MR) is 102 cm³/mol. The van der Waals surface area contributed by atoms with E-state index in [-0.39, 0.29) is 0 Å². The Hall–Kier alpha value is 1.18. The second-order valence-corrected chi connectivity index (χ2v) is 28.2. The van der Waals surface area contributed by atoms with Gasteiger partial charge in [0, 0.05) is 18.7 Å². The Morgan fingerprint density at radius 1 is 0.600 bits per heavy atom. The first-order chi connectivity index (χ1) is 8.62. The molecule has 0 aromatic carbocycles. The minimum atomic E-state index is -2.57. The van der Waals surface area contributed by atoms with Gasteiger partial charge in [0.05, 0.1) is 24.2 Å². The van der Waals surface area contributed by atoms with Crippen LogP contribution in [0.3, 0.4) is 0 Å². The summed E-state index contributed by atoms with van der Waals surface area (Å²) in [4.78, 5) is 0. The summed E-state index contributed by atoms with van der Waals surface area (Å²) >= 11 is 5.62. The summed E-state index contributed by atoms with van der Waals surface area (Å²) in [6.07, 6.45) is 2.13. The molecule has 0 heterocycles. The normalized spacial score (nSPS) is 14.7. The highest BCUT2D eigenvalue weighted by Crippen LogP contribution is 2.51. The van der Waals surface area contributed by atoms with E-state index in [4.69, 9.17) is 25.4 Å². The van der Waals surface area contributed by atoms with Crippen molar-refractivity contribution in [2.45, 2.75) is 58.9 Å². The Kier molecular flexibility index (Phi) is 8.09. The molecule has 0 rings (SSSR count). The maximum absolute atomic E-state index is 5.97. The fourth-order valence-corrected chi connectivity index (χ4v) is 9.12. The van der Waals surface area contributed by atoms with E-state index >= 15 is 0 Å². The van der Waals surface area contributed by atoms with E-state index in [1.807, 2.05) is 0 Å². The Morgan fingerprint density at radius 2 is 0.800 bits per heavy atom. The van der Waals surface area contributed by atoms with Crippen LogP contribution in [0.15, 0.2) is 0 Å². The average Bonchev–Trinajstić information content (AvgIpc) is 2.18. The Labute approximate surface area is 134 Å². The van der Waals surface area contributed by atoms with Crippen molar-refractivity contribution in [2.75, 3.05) is 18.7 Å². The summed E-state index contributed by atoms with van der Waals surface area (Å²) in [6.45, 7) is 17.8. The summed E-state index contributed by atoms with van der Waals surface area (Å²) in [6, 6.07) is 0. The van der Waals surface area contributed by atoms with Gasteiger partial charge in [0.25, 0.3) is 0 Å². The fraction of sp³-hybridized carbons (Fsp3) is 1.00. The van der Waals surface area contributed by atoms with Crippen LogP contribution in [0.5, 0.6) is 0 Å². The molecule has 0 atom stereocenters. The molecule has 0 fully saturated rings. The molecule has 8 heteroatoms. The van der Waals surface area contributed by atoms with E-state index in [1.165, 1.54) is 0 Å². The van der Waals surface area contributed by atoms with Crippen molar-refractivity contribution in [1.82, 2.24) is 0 Å². The van der Waals surface area contributed by atoms with E-state index in [0.717, 1.165) is 0 Å². The van der Waals surface area contributed by atoms with E-state index in [2.05, 4.69) is 58.9 Å². The van der Waals surface area contributed by atoms with Gasteiger partial charge in [-0.15, -0.1) is 0 Å². The zero-order valence-electron chi connectivity index (χ0n) is 14.7. The van der Waals surface area contributed by atoms with Gasteiger partial charge in [0.15, 0.2) is 0 Å². The summed E-state index contributed by atoms with van der Waals surface area (Å²) in [5.74, 6) is 0. The van der Waals surface area contributed by atoms with Crippen LogP contribution >= 0.6 is 6.72 Å². The van der Waals surface area contributed by atoms with Crippen molar-refractivity contribution in [3.05, 3.63) is 0 Å². The van der Waals surface area contributed by atoms with Crippen LogP contribution in [-0.4, -0.2) is 42.9 Å². The third kappa shape index (κ3) is 12.9. The molecule has 0 aliphatic carbocycles. The Bertz CT molecular complexity index is 293. The quantitative estimate of drug-likeness (QED) is 0.425. The monoisotopic (exact) mass is 372 g/mol. The Morgan fingerprint density at radius 3 is 0.950 bits per heavy atom. The van der Waals surface area contributed by atoms with Gasteiger partial charge in [-0.2, -0.15) is 0 Å². The van der Waals surface area contributed by atoms with Gasteiger partial charge in [-0.1, -0.05) is 58.9 Å². The summed E-state index contributed by atoms with van der Waals surface area (Å²) in [7, 11) is -3.95. The standard InChI is InChI=1S/C12H33O3PSSi3/c1-18(2,3)10-13-16(17,14-11-19(4,5)6)15-12-20(7,8)9/h10-12H2,1-9H3. The minimum absolute atomic E-state index is 0.710. The molecule has 0 bridgehead atoms. The fourth-order valence-electron chi connectivity index (χ4n) is 0.930. The maximum Gasteiger partial charge on any atom is 0.326 e. The van der Waals surface area contributed by atoms with Crippen LogP contribution in [0.1, 0.15) is 0 Å². The van der Waals surface area contributed by atoms with Gasteiger partial charge >= 0.3 is 6.72 Å². The van der Waals surface area contributed by atoms with Crippen molar-refractivity contribution in [2.24, 2.45) is 0 Å². The highest BCUT2D eigenvalue weighted by molar-refractivity contribution is 8.07. The van der Waals surface area contributed by atoms with Gasteiger partial charge < -0.3 is 13.6 Å². The first-order valence-corrected chi connectivity index (χ1v) is 20.8. The van der Waals surface area contributed by atoms with Gasteiger partial charge in [0.2, 0.25) is 0 Å². The molecular formula is C12H33O3PSSi3. The molecule has 0 saturated heterocycles. The molecule has 0 aromatic rings. The van der Waals surface area contributed by atoms with Crippen molar-refractivity contribution >= 4 is 42.7 Å². The van der Waals surface area contributed by atoms with Crippen LogP contribution in [0.2, 0.25) is 58.9 Å². The summed E-state index contributed by atoms with van der Waals surface area (Å²) < 4.78 is 17.9. The molecule has 0 spiro atoms. The van der Waals surface area contributed by atoms with Gasteiger partial charge in [-0.05, 0) is 11.8 Å². The molecule has 0 N–H and O–H groups in total. The minimum Gasteiger partial charge on any atom is -0.312 e. The molecule has 0 amide bonds. The zero-order chi connectivity index (χ0) is 16.2. The van der Waals surface area contributed by atoms with Crippen LogP contribution in [0, 0.1) is 0 Å². The lowest BCUT2D eigenvalue weighted by molar-refractivity contribution is 0.204. The second kappa shape index (κ2) is 7.64. The number of hydrogen-bond donors (Lipinski definition) is 0. The lowest BCUT2D eigenvalue weighted by atomic mass is 11.7. The molecule has 0 aromatic heterocycles. The van der Waals surface area contributed by atoms with E-state index in [9.17, 15) is 0 Å². The lowest BCUT2D eigenvalue weighted by Crippen LogP contribution is -2.32. The highest BCUT2D eigenvalue weighted by atomic mass is 32.5. The molecule has 0 unspecified atom stereocenters. The Balaban J connectivity index is 4.71. The molecule has 0 saturated carbocycles. The zero-order valence-corrected chi connectivity index (χ0v) is 19.4. The summed E-state index contributed by atoms with van der Waals surface area (Å²) in [5, 5.41) is 0. The average molecular weight is 373 g/mol. The molecule has 0 radical (unpaired) electrons. The number of hydrogen-bond acceptors (Lipinski definition) is 4. The molecule has 3 nitrogen and oxygen atoms in total. The topological polar surface area (TPSA) is 27.7 Å². The molecule has 0 aliphatic rings. The molecular weight excluding hydrogens is 339 g/mol. The van der Waals surface area contributed by atoms with Gasteiger partial charge in [0.1, 0.15) is 0 Å². The van der Waals surface area contributed by atoms with E-state index in [0.29, 0.717) is 18.7 Å². The molecule has 122 valence electrons. The first kappa shape index (κ1) is 21.2. The van der Waals surface area contributed by atoms with Crippen molar-refractivity contribution in [1.29, 1.82) is 0 Å². The first-order valence-electron chi connectivity index (χ1n) is 7.16. The smallest absolute Gasteiger partial charge is 0.312 e. The van der Waals surface area contributed by atoms with Crippen LogP contribution in [-0.2, 0) is 25.4 Å². The molecule has 20 heavy (non-hydrogen) atoms. The van der Waals surface area contributed by atoms with Gasteiger partial charge in [-0.3, -0.25) is 0 Å². The third-order valence-corrected chi connectivity index (χ3v) is 8.01. The third-order valence-electron chi connectivity index (χ3n) is 1.97. The lowest BCUT2D eigenvalue weighted by Gasteiger charge is -2.29. The second-order valence-electron chi connectivity index (χ2n) is 8.95. The van der Waals surface area contributed by atoms with Crippen molar-refractivity contribution < 1.29 is 13.6 Å². The van der Waals surface area contributed by atoms with Crippen molar-refractivity contribution in [3.8, 4) is 0 Å². The maximum atomic E-state index is 5.97.